The fourth-order valence-electron chi connectivity index (χ4n) is 1.15. The van der Waals surface area contributed by atoms with E-state index < -0.39 is 0 Å². The number of alkyl halides is 1. The molecule has 3 nitrogen and oxygen atoms in total. The number of rotatable bonds is 3. The minimum Gasteiger partial charge on any atom is -0.326 e. The first kappa shape index (κ1) is 12.5. The van der Waals surface area contributed by atoms with Crippen LogP contribution in [0.3, 0.4) is 0 Å². The molecule has 0 spiro atoms. The second kappa shape index (κ2) is 5.53. The van der Waals surface area contributed by atoms with Crippen LogP contribution in [0.25, 0.3) is 0 Å². The maximum Gasteiger partial charge on any atom is 0.228 e. The van der Waals surface area contributed by atoms with Gasteiger partial charge in [0.2, 0.25) is 5.91 Å². The number of amides is 1. The monoisotopic (exact) mass is 236 g/mol. The number of halogens is 1. The van der Waals surface area contributed by atoms with Gasteiger partial charge in [-0.2, -0.15) is 5.26 Å². The molecule has 1 rings (SSSR count). The van der Waals surface area contributed by atoms with E-state index in [4.69, 9.17) is 16.9 Å². The number of carbonyl (C=O) groups is 1. The molecule has 1 amide bonds. The molecule has 0 heterocycles. The minimum atomic E-state index is -0.244. The summed E-state index contributed by atoms with van der Waals surface area (Å²) in [5.41, 5.74) is 2.12. The van der Waals surface area contributed by atoms with E-state index in [1.165, 1.54) is 0 Å². The Hall–Kier alpha value is -1.53. The Bertz CT molecular complexity index is 437. The standard InChI is InChI=1S/C12H13ClN2O/c1-8-3-4-10(7-14)5-11(8)15-12(16)9(2)6-13/h3-5,9H,6H2,1-2H3,(H,15,16). The van der Waals surface area contributed by atoms with E-state index in [2.05, 4.69) is 5.32 Å². The Morgan fingerprint density at radius 1 is 1.62 bits per heavy atom. The highest BCUT2D eigenvalue weighted by atomic mass is 35.5. The van der Waals surface area contributed by atoms with Crippen LogP contribution < -0.4 is 5.32 Å². The highest BCUT2D eigenvalue weighted by Crippen LogP contribution is 2.17. The Kier molecular flexibility index (Phi) is 4.33. The molecule has 16 heavy (non-hydrogen) atoms. The molecule has 0 aliphatic rings. The van der Waals surface area contributed by atoms with Crippen LogP contribution in [0.2, 0.25) is 0 Å². The summed E-state index contributed by atoms with van der Waals surface area (Å²) in [6.07, 6.45) is 0. The van der Waals surface area contributed by atoms with Gasteiger partial charge < -0.3 is 5.32 Å². The van der Waals surface area contributed by atoms with Gasteiger partial charge in [-0.3, -0.25) is 4.79 Å². The number of hydrogen-bond acceptors (Lipinski definition) is 2. The second-order valence-electron chi connectivity index (χ2n) is 3.69. The molecule has 1 N–H and O–H groups in total. The van der Waals surface area contributed by atoms with Crippen LogP contribution >= 0.6 is 11.6 Å². The first-order valence-corrected chi connectivity index (χ1v) is 5.49. The summed E-state index contributed by atoms with van der Waals surface area (Å²) in [4.78, 5) is 11.6. The zero-order valence-corrected chi connectivity index (χ0v) is 10.0. The summed E-state index contributed by atoms with van der Waals surface area (Å²) in [7, 11) is 0. The fraction of sp³-hybridized carbons (Fsp3) is 0.333. The van der Waals surface area contributed by atoms with Gasteiger partial charge in [-0.15, -0.1) is 11.6 Å². The third kappa shape index (κ3) is 2.98. The first-order chi connectivity index (χ1) is 7.58. The zero-order chi connectivity index (χ0) is 12.1. The van der Waals surface area contributed by atoms with Crippen molar-refractivity contribution >= 4 is 23.2 Å². The van der Waals surface area contributed by atoms with Crippen molar-refractivity contribution in [1.29, 1.82) is 5.26 Å². The highest BCUT2D eigenvalue weighted by Gasteiger charge is 2.12. The van der Waals surface area contributed by atoms with Gasteiger partial charge in [0.15, 0.2) is 0 Å². The molecule has 0 aliphatic heterocycles. The molecule has 1 atom stereocenters. The molecule has 0 radical (unpaired) electrons. The normalized spacial score (nSPS) is 11.6. The quantitative estimate of drug-likeness (QED) is 0.821. The van der Waals surface area contributed by atoms with E-state index >= 15 is 0 Å². The Morgan fingerprint density at radius 3 is 2.88 bits per heavy atom. The van der Waals surface area contributed by atoms with Crippen LogP contribution in [0.4, 0.5) is 5.69 Å². The number of carbonyl (C=O) groups excluding carboxylic acids is 1. The maximum absolute atomic E-state index is 11.6. The van der Waals surface area contributed by atoms with Gasteiger partial charge in [-0.05, 0) is 24.6 Å². The fourth-order valence-corrected chi connectivity index (χ4v) is 1.29. The summed E-state index contributed by atoms with van der Waals surface area (Å²) >= 11 is 5.60. The first-order valence-electron chi connectivity index (χ1n) is 4.96. The number of nitrogens with zero attached hydrogens (tertiary/aromatic N) is 1. The molecule has 0 saturated heterocycles. The third-order valence-electron chi connectivity index (χ3n) is 2.30. The van der Waals surface area contributed by atoms with Crippen molar-refractivity contribution in [3.05, 3.63) is 29.3 Å². The molecule has 0 bridgehead atoms. The number of nitrogens with one attached hydrogen (secondary N) is 1. The predicted octanol–water partition coefficient (Wildman–Crippen LogP) is 2.68. The van der Waals surface area contributed by atoms with Crippen molar-refractivity contribution in [1.82, 2.24) is 0 Å². The molecule has 0 aliphatic carbocycles. The topological polar surface area (TPSA) is 52.9 Å². The predicted molar refractivity (Wildman–Crippen MR) is 64.4 cm³/mol. The third-order valence-corrected chi connectivity index (χ3v) is 2.77. The number of benzene rings is 1. The summed E-state index contributed by atoms with van der Waals surface area (Å²) < 4.78 is 0. The van der Waals surface area contributed by atoms with Gasteiger partial charge >= 0.3 is 0 Å². The molecule has 84 valence electrons. The highest BCUT2D eigenvalue weighted by molar-refractivity contribution is 6.19. The number of hydrogen-bond donors (Lipinski definition) is 1. The Balaban J connectivity index is 2.89. The van der Waals surface area contributed by atoms with Gasteiger partial charge in [0.1, 0.15) is 0 Å². The average molecular weight is 237 g/mol. The molecule has 1 unspecified atom stereocenters. The molecule has 1 aromatic rings. The van der Waals surface area contributed by atoms with Crippen molar-refractivity contribution in [2.24, 2.45) is 5.92 Å². The van der Waals surface area contributed by atoms with Crippen LogP contribution in [0.1, 0.15) is 18.1 Å². The van der Waals surface area contributed by atoms with Crippen LogP contribution in [-0.2, 0) is 4.79 Å². The summed E-state index contributed by atoms with van der Waals surface area (Å²) in [5, 5.41) is 11.5. The van der Waals surface area contributed by atoms with Crippen LogP contribution in [0.15, 0.2) is 18.2 Å². The van der Waals surface area contributed by atoms with Gasteiger partial charge in [-0.1, -0.05) is 13.0 Å². The molecular weight excluding hydrogens is 224 g/mol. The number of anilines is 1. The van der Waals surface area contributed by atoms with Crippen molar-refractivity contribution in [2.45, 2.75) is 13.8 Å². The minimum absolute atomic E-state index is 0.131. The van der Waals surface area contributed by atoms with E-state index in [1.807, 2.05) is 13.0 Å². The van der Waals surface area contributed by atoms with Crippen molar-refractivity contribution < 1.29 is 4.79 Å². The van der Waals surface area contributed by atoms with Crippen molar-refractivity contribution in [3.63, 3.8) is 0 Å². The van der Waals surface area contributed by atoms with Gasteiger partial charge in [-0.25, -0.2) is 0 Å². The lowest BCUT2D eigenvalue weighted by Gasteiger charge is -2.11. The van der Waals surface area contributed by atoms with E-state index in [1.54, 1.807) is 25.1 Å². The lowest BCUT2D eigenvalue weighted by molar-refractivity contribution is -0.118. The molecule has 0 aromatic heterocycles. The van der Waals surface area contributed by atoms with Gasteiger partial charge in [0, 0.05) is 17.5 Å². The lowest BCUT2D eigenvalue weighted by atomic mass is 10.1. The lowest BCUT2D eigenvalue weighted by Crippen LogP contribution is -2.21. The van der Waals surface area contributed by atoms with Crippen LogP contribution in [0, 0.1) is 24.2 Å². The molecule has 0 saturated carbocycles. The zero-order valence-electron chi connectivity index (χ0n) is 9.25. The van der Waals surface area contributed by atoms with Crippen LogP contribution in [0.5, 0.6) is 0 Å². The van der Waals surface area contributed by atoms with Crippen molar-refractivity contribution in [3.8, 4) is 6.07 Å². The number of aryl methyl sites for hydroxylation is 1. The van der Waals surface area contributed by atoms with Crippen LogP contribution in [-0.4, -0.2) is 11.8 Å². The smallest absolute Gasteiger partial charge is 0.228 e. The van der Waals surface area contributed by atoms with E-state index in [0.29, 0.717) is 11.3 Å². The van der Waals surface area contributed by atoms with Gasteiger partial charge in [0.05, 0.1) is 11.6 Å². The van der Waals surface area contributed by atoms with E-state index in [0.717, 1.165) is 5.56 Å². The summed E-state index contributed by atoms with van der Waals surface area (Å²) in [6.45, 7) is 3.63. The largest absolute Gasteiger partial charge is 0.326 e. The molecule has 4 heteroatoms. The molecule has 1 aromatic carbocycles. The Labute approximate surface area is 100 Å². The van der Waals surface area contributed by atoms with E-state index in [9.17, 15) is 4.79 Å². The average Bonchev–Trinajstić information content (AvgIpc) is 2.30. The SMILES string of the molecule is Cc1ccc(C#N)cc1NC(=O)C(C)CCl. The van der Waals surface area contributed by atoms with Gasteiger partial charge in [0.25, 0.3) is 0 Å². The van der Waals surface area contributed by atoms with E-state index in [-0.39, 0.29) is 17.7 Å². The molecular formula is C12H13ClN2O. The Morgan fingerprint density at radius 2 is 2.31 bits per heavy atom. The summed E-state index contributed by atoms with van der Waals surface area (Å²) in [5.74, 6) is -0.0944. The van der Waals surface area contributed by atoms with Crippen molar-refractivity contribution in [2.75, 3.05) is 11.2 Å². The number of nitriles is 1. The second-order valence-corrected chi connectivity index (χ2v) is 3.99. The maximum atomic E-state index is 11.6. The summed E-state index contributed by atoms with van der Waals surface area (Å²) in [6, 6.07) is 7.22. The molecule has 0 fully saturated rings.